The van der Waals surface area contributed by atoms with Crippen molar-refractivity contribution in [3.8, 4) is 5.75 Å². The maximum atomic E-state index is 13.5. The fourth-order valence-corrected chi connectivity index (χ4v) is 5.18. The van der Waals surface area contributed by atoms with Gasteiger partial charge >= 0.3 is 0 Å². The van der Waals surface area contributed by atoms with E-state index < -0.39 is 0 Å². The molecule has 3 amide bonds. The second-order valence-corrected chi connectivity index (χ2v) is 9.11. The molecule has 2 aromatic carbocycles. The molecule has 8 heteroatoms. The number of anilines is 3. The summed E-state index contributed by atoms with van der Waals surface area (Å²) in [5.74, 6) is 0.315. The molecule has 1 N–H and O–H groups in total. The van der Waals surface area contributed by atoms with E-state index in [-0.39, 0.29) is 30.3 Å². The van der Waals surface area contributed by atoms with Crippen LogP contribution in [-0.4, -0.2) is 62.0 Å². The minimum atomic E-state index is -0.287. The highest BCUT2D eigenvalue weighted by Crippen LogP contribution is 2.40. The molecule has 8 nitrogen and oxygen atoms in total. The van der Waals surface area contributed by atoms with Crippen molar-refractivity contribution in [2.75, 3.05) is 48.4 Å². The van der Waals surface area contributed by atoms with E-state index in [1.165, 1.54) is 0 Å². The van der Waals surface area contributed by atoms with Gasteiger partial charge in [0.2, 0.25) is 11.8 Å². The van der Waals surface area contributed by atoms with Gasteiger partial charge in [-0.3, -0.25) is 19.3 Å². The first-order valence-electron chi connectivity index (χ1n) is 12.0. The summed E-state index contributed by atoms with van der Waals surface area (Å²) in [5, 5.41) is 2.87. The van der Waals surface area contributed by atoms with Crippen molar-refractivity contribution in [3.05, 3.63) is 48.0 Å². The lowest BCUT2D eigenvalue weighted by molar-refractivity contribution is -0.123. The van der Waals surface area contributed by atoms with Crippen molar-refractivity contribution >= 4 is 34.8 Å². The number of piperidine rings is 1. The van der Waals surface area contributed by atoms with Crippen LogP contribution in [0.25, 0.3) is 0 Å². The number of nitrogens with zero attached hydrogens (tertiary/aromatic N) is 3. The summed E-state index contributed by atoms with van der Waals surface area (Å²) >= 11 is 0. The smallest absolute Gasteiger partial charge is 0.253 e. The van der Waals surface area contributed by atoms with Gasteiger partial charge in [0, 0.05) is 30.9 Å². The van der Waals surface area contributed by atoms with Gasteiger partial charge in [0.05, 0.1) is 18.5 Å². The first-order valence-corrected chi connectivity index (χ1v) is 12.0. The maximum Gasteiger partial charge on any atom is 0.253 e. The number of hydrogen-bond acceptors (Lipinski definition) is 5. The van der Waals surface area contributed by atoms with Gasteiger partial charge in [-0.2, -0.15) is 0 Å². The van der Waals surface area contributed by atoms with Crippen molar-refractivity contribution in [2.24, 2.45) is 0 Å². The standard InChI is InChI=1S/C26H30N4O4/c1-34-20-10-8-19(9-11-20)27-24(31)17-30-23-16-18(25(32)28-13-4-5-14-28)7-12-21(23)29-15-3-2-6-22(29)26(30)33/h7-12,16,22H,2-6,13-15,17H2,1H3,(H,27,31)/t22-/m0/s1. The number of amides is 3. The average molecular weight is 463 g/mol. The highest BCUT2D eigenvalue weighted by Gasteiger charge is 2.40. The molecule has 34 heavy (non-hydrogen) atoms. The SMILES string of the molecule is COc1ccc(NC(=O)CN2C(=O)[C@@H]3CCCCN3c3ccc(C(=O)N4CCCC4)cc32)cc1. The number of rotatable bonds is 5. The molecule has 178 valence electrons. The lowest BCUT2D eigenvalue weighted by Gasteiger charge is -2.45. The Balaban J connectivity index is 1.43. The first kappa shape index (κ1) is 22.3. The van der Waals surface area contributed by atoms with E-state index in [0.717, 1.165) is 57.4 Å². The Hall–Kier alpha value is -3.55. The fourth-order valence-electron chi connectivity index (χ4n) is 5.18. The zero-order chi connectivity index (χ0) is 23.7. The van der Waals surface area contributed by atoms with Gasteiger partial charge in [-0.15, -0.1) is 0 Å². The Morgan fingerprint density at radius 3 is 2.44 bits per heavy atom. The molecule has 3 heterocycles. The van der Waals surface area contributed by atoms with Crippen LogP contribution in [0.2, 0.25) is 0 Å². The molecule has 0 unspecified atom stereocenters. The number of carbonyl (C=O) groups is 3. The fraction of sp³-hybridized carbons (Fsp3) is 0.423. The van der Waals surface area contributed by atoms with Crippen LogP contribution in [0.4, 0.5) is 17.1 Å². The lowest BCUT2D eigenvalue weighted by Crippen LogP contribution is -2.56. The third-order valence-corrected chi connectivity index (χ3v) is 6.95. The number of carbonyl (C=O) groups excluding carboxylic acids is 3. The van der Waals surface area contributed by atoms with Crippen LogP contribution in [0, 0.1) is 0 Å². The highest BCUT2D eigenvalue weighted by atomic mass is 16.5. The Bertz CT molecular complexity index is 1090. The molecule has 3 aliphatic heterocycles. The molecule has 0 spiro atoms. The summed E-state index contributed by atoms with van der Waals surface area (Å²) in [6, 6.07) is 12.4. The molecular formula is C26H30N4O4. The molecular weight excluding hydrogens is 432 g/mol. The first-order chi connectivity index (χ1) is 16.5. The van der Waals surface area contributed by atoms with Crippen molar-refractivity contribution in [2.45, 2.75) is 38.1 Å². The van der Waals surface area contributed by atoms with Crippen LogP contribution in [0.5, 0.6) is 5.75 Å². The van der Waals surface area contributed by atoms with Gasteiger partial charge in [-0.1, -0.05) is 0 Å². The lowest BCUT2D eigenvalue weighted by atomic mass is 9.95. The van der Waals surface area contributed by atoms with Crippen molar-refractivity contribution in [3.63, 3.8) is 0 Å². The van der Waals surface area contributed by atoms with Crippen LogP contribution in [-0.2, 0) is 9.59 Å². The third-order valence-electron chi connectivity index (χ3n) is 6.95. The molecule has 0 aromatic heterocycles. The Labute approximate surface area is 199 Å². The van der Waals surface area contributed by atoms with Gasteiger partial charge in [0.1, 0.15) is 18.3 Å². The number of ether oxygens (including phenoxy) is 1. The van der Waals surface area contributed by atoms with Crippen LogP contribution in [0.3, 0.4) is 0 Å². The maximum absolute atomic E-state index is 13.5. The summed E-state index contributed by atoms with van der Waals surface area (Å²) in [6.07, 6.45) is 4.81. The van der Waals surface area contributed by atoms with Crippen molar-refractivity contribution < 1.29 is 19.1 Å². The number of likely N-dealkylation sites (tertiary alicyclic amines) is 1. The molecule has 1 atom stereocenters. The van der Waals surface area contributed by atoms with E-state index in [2.05, 4.69) is 10.2 Å². The number of fused-ring (bicyclic) bond motifs is 3. The quantitative estimate of drug-likeness (QED) is 0.738. The number of hydrogen-bond donors (Lipinski definition) is 1. The predicted octanol–water partition coefficient (Wildman–Crippen LogP) is 3.28. The molecule has 0 saturated carbocycles. The van der Waals surface area contributed by atoms with E-state index in [1.807, 2.05) is 17.0 Å². The molecule has 5 rings (SSSR count). The zero-order valence-corrected chi connectivity index (χ0v) is 19.5. The van der Waals surface area contributed by atoms with E-state index in [4.69, 9.17) is 4.74 Å². The van der Waals surface area contributed by atoms with Gasteiger partial charge < -0.3 is 19.9 Å². The number of methoxy groups -OCH3 is 1. The van der Waals surface area contributed by atoms with Crippen molar-refractivity contribution in [1.82, 2.24) is 4.90 Å². The molecule has 2 saturated heterocycles. The second-order valence-electron chi connectivity index (χ2n) is 9.11. The van der Waals surface area contributed by atoms with Gasteiger partial charge in [0.15, 0.2) is 0 Å². The van der Waals surface area contributed by atoms with Gasteiger partial charge in [-0.25, -0.2) is 0 Å². The van der Waals surface area contributed by atoms with Gasteiger partial charge in [-0.05, 0) is 74.6 Å². The largest absolute Gasteiger partial charge is 0.497 e. The number of nitrogens with one attached hydrogen (secondary N) is 1. The Morgan fingerprint density at radius 2 is 1.71 bits per heavy atom. The minimum absolute atomic E-state index is 0.0175. The topological polar surface area (TPSA) is 82.2 Å². The summed E-state index contributed by atoms with van der Waals surface area (Å²) in [7, 11) is 1.59. The minimum Gasteiger partial charge on any atom is -0.497 e. The van der Waals surface area contributed by atoms with Crippen molar-refractivity contribution in [1.29, 1.82) is 0 Å². The van der Waals surface area contributed by atoms with E-state index in [9.17, 15) is 14.4 Å². The number of benzene rings is 2. The van der Waals surface area contributed by atoms with Crippen LogP contribution < -0.4 is 19.9 Å². The molecule has 2 aromatic rings. The van der Waals surface area contributed by atoms with E-state index >= 15 is 0 Å². The summed E-state index contributed by atoms with van der Waals surface area (Å²) in [6.45, 7) is 2.21. The molecule has 0 bridgehead atoms. The Kier molecular flexibility index (Phi) is 6.13. The molecule has 0 aliphatic carbocycles. The second kappa shape index (κ2) is 9.37. The summed E-state index contributed by atoms with van der Waals surface area (Å²) < 4.78 is 5.17. The average Bonchev–Trinajstić information content (AvgIpc) is 3.41. The highest BCUT2D eigenvalue weighted by molar-refractivity contribution is 6.11. The molecule has 0 radical (unpaired) electrons. The Morgan fingerprint density at radius 1 is 0.971 bits per heavy atom. The third kappa shape index (κ3) is 4.20. The van der Waals surface area contributed by atoms with Crippen LogP contribution in [0.1, 0.15) is 42.5 Å². The monoisotopic (exact) mass is 462 g/mol. The van der Waals surface area contributed by atoms with Crippen LogP contribution in [0.15, 0.2) is 42.5 Å². The normalized spacial score (nSPS) is 19.5. The van der Waals surface area contributed by atoms with E-state index in [0.29, 0.717) is 22.7 Å². The molecule has 2 fully saturated rings. The zero-order valence-electron chi connectivity index (χ0n) is 19.5. The summed E-state index contributed by atoms with van der Waals surface area (Å²) in [5.41, 5.74) is 2.75. The molecule has 3 aliphatic rings. The van der Waals surface area contributed by atoms with Gasteiger partial charge in [0.25, 0.3) is 5.91 Å². The summed E-state index contributed by atoms with van der Waals surface area (Å²) in [4.78, 5) is 45.1. The predicted molar refractivity (Wildman–Crippen MR) is 131 cm³/mol. The van der Waals surface area contributed by atoms with E-state index in [1.54, 1.807) is 42.3 Å². The van der Waals surface area contributed by atoms with Crippen LogP contribution >= 0.6 is 0 Å².